The Morgan fingerprint density at radius 1 is 0.914 bits per heavy atom. The van der Waals surface area contributed by atoms with Crippen molar-refractivity contribution in [2.45, 2.75) is 6.92 Å². The van der Waals surface area contributed by atoms with Gasteiger partial charge in [-0.15, -0.1) is 0 Å². The third kappa shape index (κ3) is 6.26. The minimum Gasteiger partial charge on any atom is -0.493 e. The molecule has 35 heavy (non-hydrogen) atoms. The van der Waals surface area contributed by atoms with Gasteiger partial charge in [-0.2, -0.15) is 0 Å². The molecule has 0 unspecified atom stereocenters. The minimum atomic E-state index is -0.270. The number of ketones is 1. The van der Waals surface area contributed by atoms with Crippen LogP contribution < -0.4 is 14.8 Å². The lowest BCUT2D eigenvalue weighted by atomic mass is 10.1. The Morgan fingerprint density at radius 3 is 2.31 bits per heavy atom. The van der Waals surface area contributed by atoms with Crippen LogP contribution in [0.3, 0.4) is 0 Å². The standard InChI is InChI=1S/C29H26N2O4/c1-21-5-11-24(12-6-21)30-29(33)20-35-27-16-8-22(19-28(27)34-2)7-15-26(32)23-9-13-25(14-10-23)31-17-3-4-18-31/h3-19H,20H2,1-2H3,(H,30,33)/b15-7+. The van der Waals surface area contributed by atoms with Crippen LogP contribution in [0.5, 0.6) is 11.5 Å². The molecule has 4 aromatic rings. The Kier molecular flexibility index (Phi) is 7.43. The minimum absolute atomic E-state index is 0.101. The quantitative estimate of drug-likeness (QED) is 0.253. The third-order valence-electron chi connectivity index (χ3n) is 5.36. The zero-order valence-electron chi connectivity index (χ0n) is 19.6. The smallest absolute Gasteiger partial charge is 0.262 e. The van der Waals surface area contributed by atoms with E-state index in [-0.39, 0.29) is 18.3 Å². The first kappa shape index (κ1) is 23.6. The topological polar surface area (TPSA) is 69.6 Å². The van der Waals surface area contributed by atoms with Crippen molar-refractivity contribution in [2.24, 2.45) is 0 Å². The molecule has 0 bridgehead atoms. The predicted molar refractivity (Wildman–Crippen MR) is 137 cm³/mol. The molecule has 1 N–H and O–H groups in total. The molecule has 3 aromatic carbocycles. The molecule has 176 valence electrons. The Labute approximate surface area is 204 Å². The molecule has 6 nitrogen and oxygen atoms in total. The van der Waals surface area contributed by atoms with Gasteiger partial charge in [0, 0.05) is 29.3 Å². The van der Waals surface area contributed by atoms with Crippen molar-refractivity contribution in [2.75, 3.05) is 19.0 Å². The molecule has 0 saturated carbocycles. The first-order valence-electron chi connectivity index (χ1n) is 11.1. The van der Waals surface area contributed by atoms with Crippen LogP contribution >= 0.6 is 0 Å². The van der Waals surface area contributed by atoms with Crippen LogP contribution in [0.4, 0.5) is 5.69 Å². The number of carbonyl (C=O) groups excluding carboxylic acids is 2. The van der Waals surface area contributed by atoms with Gasteiger partial charge >= 0.3 is 0 Å². The maximum Gasteiger partial charge on any atom is 0.262 e. The molecule has 0 spiro atoms. The summed E-state index contributed by atoms with van der Waals surface area (Å²) in [5.74, 6) is 0.541. The molecular formula is C29H26N2O4. The lowest BCUT2D eigenvalue weighted by molar-refractivity contribution is -0.118. The monoisotopic (exact) mass is 466 g/mol. The van der Waals surface area contributed by atoms with E-state index >= 15 is 0 Å². The van der Waals surface area contributed by atoms with E-state index in [4.69, 9.17) is 9.47 Å². The van der Waals surface area contributed by atoms with Crippen molar-refractivity contribution in [3.63, 3.8) is 0 Å². The zero-order chi connectivity index (χ0) is 24.6. The molecule has 1 heterocycles. The van der Waals surface area contributed by atoms with Crippen LogP contribution in [0.15, 0.2) is 97.3 Å². The van der Waals surface area contributed by atoms with Gasteiger partial charge in [0.25, 0.3) is 5.91 Å². The first-order valence-corrected chi connectivity index (χ1v) is 11.1. The molecule has 1 aromatic heterocycles. The highest BCUT2D eigenvalue weighted by Crippen LogP contribution is 2.28. The summed E-state index contributed by atoms with van der Waals surface area (Å²) in [4.78, 5) is 24.8. The van der Waals surface area contributed by atoms with Crippen LogP contribution in [-0.4, -0.2) is 30.0 Å². The summed E-state index contributed by atoms with van der Waals surface area (Å²) in [7, 11) is 1.53. The number of hydrogen-bond acceptors (Lipinski definition) is 4. The SMILES string of the molecule is COc1cc(/C=C/C(=O)c2ccc(-n3cccc3)cc2)ccc1OCC(=O)Nc1ccc(C)cc1. The fraction of sp³-hybridized carbons (Fsp3) is 0.103. The number of benzene rings is 3. The average molecular weight is 467 g/mol. The average Bonchev–Trinajstić information content (AvgIpc) is 3.43. The van der Waals surface area contributed by atoms with E-state index in [0.717, 1.165) is 16.8 Å². The number of rotatable bonds is 9. The maximum absolute atomic E-state index is 12.6. The van der Waals surface area contributed by atoms with E-state index in [1.807, 2.05) is 72.4 Å². The van der Waals surface area contributed by atoms with Crippen molar-refractivity contribution in [3.8, 4) is 17.2 Å². The molecule has 0 atom stereocenters. The fourth-order valence-electron chi connectivity index (χ4n) is 3.46. The molecule has 0 aliphatic carbocycles. The van der Waals surface area contributed by atoms with E-state index in [9.17, 15) is 9.59 Å². The fourth-order valence-corrected chi connectivity index (χ4v) is 3.46. The number of anilines is 1. The molecule has 0 aliphatic rings. The number of aryl methyl sites for hydroxylation is 1. The van der Waals surface area contributed by atoms with Gasteiger partial charge in [0.15, 0.2) is 23.9 Å². The number of nitrogens with one attached hydrogen (secondary N) is 1. The molecule has 4 rings (SSSR count). The normalized spacial score (nSPS) is 10.8. The first-order chi connectivity index (χ1) is 17.0. The molecule has 6 heteroatoms. The van der Waals surface area contributed by atoms with Crippen molar-refractivity contribution < 1.29 is 19.1 Å². The van der Waals surface area contributed by atoms with Crippen molar-refractivity contribution in [1.29, 1.82) is 0 Å². The second kappa shape index (κ2) is 11.0. The van der Waals surface area contributed by atoms with Crippen molar-refractivity contribution >= 4 is 23.5 Å². The summed E-state index contributed by atoms with van der Waals surface area (Å²) in [5.41, 5.74) is 4.19. The Bertz CT molecular complexity index is 1320. The van der Waals surface area contributed by atoms with Crippen LogP contribution in [0.2, 0.25) is 0 Å². The molecule has 0 aliphatic heterocycles. The van der Waals surface area contributed by atoms with Crippen molar-refractivity contribution in [1.82, 2.24) is 4.57 Å². The number of aromatic nitrogens is 1. The molecule has 0 saturated heterocycles. The summed E-state index contributed by atoms with van der Waals surface area (Å²) in [5, 5.41) is 2.79. The van der Waals surface area contributed by atoms with Gasteiger partial charge < -0.3 is 19.4 Å². The lowest BCUT2D eigenvalue weighted by Gasteiger charge is -2.11. The Hall–Kier alpha value is -4.58. The summed E-state index contributed by atoms with van der Waals surface area (Å²) >= 11 is 0. The Balaban J connectivity index is 1.36. The van der Waals surface area contributed by atoms with E-state index in [1.165, 1.54) is 13.2 Å². The predicted octanol–water partition coefficient (Wildman–Crippen LogP) is 5.71. The summed E-state index contributed by atoms with van der Waals surface area (Å²) < 4.78 is 13.0. The van der Waals surface area contributed by atoms with E-state index in [1.54, 1.807) is 36.4 Å². The third-order valence-corrected chi connectivity index (χ3v) is 5.36. The number of carbonyl (C=O) groups is 2. The molecule has 0 fully saturated rings. The number of amides is 1. The second-order valence-corrected chi connectivity index (χ2v) is 7.95. The van der Waals surface area contributed by atoms with Crippen LogP contribution in [-0.2, 0) is 4.79 Å². The summed E-state index contributed by atoms with van der Waals surface area (Å²) in [6.45, 7) is 1.83. The van der Waals surface area contributed by atoms with Crippen LogP contribution in [0.25, 0.3) is 11.8 Å². The van der Waals surface area contributed by atoms with Gasteiger partial charge in [-0.25, -0.2) is 0 Å². The van der Waals surface area contributed by atoms with Crippen LogP contribution in [0, 0.1) is 6.92 Å². The molecule has 0 radical (unpaired) electrons. The van der Waals surface area contributed by atoms with E-state index < -0.39 is 0 Å². The van der Waals surface area contributed by atoms with E-state index in [0.29, 0.717) is 22.7 Å². The number of allylic oxidation sites excluding steroid dienone is 1. The van der Waals surface area contributed by atoms with Gasteiger partial charge in [0.2, 0.25) is 0 Å². The Morgan fingerprint density at radius 2 is 1.63 bits per heavy atom. The highest BCUT2D eigenvalue weighted by molar-refractivity contribution is 6.06. The molecule has 1 amide bonds. The van der Waals surface area contributed by atoms with E-state index in [2.05, 4.69) is 5.32 Å². The van der Waals surface area contributed by atoms with Gasteiger partial charge in [0.05, 0.1) is 7.11 Å². The zero-order valence-corrected chi connectivity index (χ0v) is 19.6. The second-order valence-electron chi connectivity index (χ2n) is 7.95. The number of nitrogens with zero attached hydrogens (tertiary/aromatic N) is 1. The highest BCUT2D eigenvalue weighted by Gasteiger charge is 2.09. The van der Waals surface area contributed by atoms with Gasteiger partial charge in [-0.3, -0.25) is 9.59 Å². The number of hydrogen-bond donors (Lipinski definition) is 1. The summed E-state index contributed by atoms with van der Waals surface area (Å²) in [6.07, 6.45) is 7.15. The number of methoxy groups -OCH3 is 1. The summed E-state index contributed by atoms with van der Waals surface area (Å²) in [6, 6.07) is 24.1. The van der Waals surface area contributed by atoms with Crippen molar-refractivity contribution in [3.05, 3.63) is 114 Å². The maximum atomic E-state index is 12.6. The largest absolute Gasteiger partial charge is 0.493 e. The van der Waals surface area contributed by atoms with Gasteiger partial charge in [-0.1, -0.05) is 29.8 Å². The number of ether oxygens (including phenoxy) is 2. The highest BCUT2D eigenvalue weighted by atomic mass is 16.5. The van der Waals surface area contributed by atoms with Crippen LogP contribution in [0.1, 0.15) is 21.5 Å². The van der Waals surface area contributed by atoms with Gasteiger partial charge in [0.1, 0.15) is 0 Å². The molecular weight excluding hydrogens is 440 g/mol. The van der Waals surface area contributed by atoms with Gasteiger partial charge in [-0.05, 0) is 79.2 Å². The lowest BCUT2D eigenvalue weighted by Crippen LogP contribution is -2.20.